The van der Waals surface area contributed by atoms with Crippen molar-refractivity contribution in [2.24, 2.45) is 5.92 Å². The van der Waals surface area contributed by atoms with Crippen LogP contribution in [-0.2, 0) is 46.5 Å². The Balaban J connectivity index is 2.28. The minimum atomic E-state index is -0.857. The van der Waals surface area contributed by atoms with Gasteiger partial charge in [0, 0.05) is 50.5 Å². The first-order valence-corrected chi connectivity index (χ1v) is 23.2. The average Bonchev–Trinajstić information content (AvgIpc) is 3.57. The molecule has 0 fully saturated rings. The zero-order valence-electron chi connectivity index (χ0n) is 37.9. The van der Waals surface area contributed by atoms with Crippen molar-refractivity contribution in [3.63, 3.8) is 0 Å². The number of para-hydroxylation sites is 1. The zero-order chi connectivity index (χ0) is 44.6. The van der Waals surface area contributed by atoms with E-state index < -0.39 is 30.1 Å². The number of rotatable bonds is 30. The van der Waals surface area contributed by atoms with Gasteiger partial charge < -0.3 is 40.4 Å². The molecule has 0 aliphatic carbocycles. The number of nitrogens with one attached hydrogen (secondary N) is 4. The molecule has 14 nitrogen and oxygen atoms in total. The highest BCUT2D eigenvalue weighted by molar-refractivity contribution is 7.99. The van der Waals surface area contributed by atoms with Gasteiger partial charge in [-0.2, -0.15) is 11.8 Å². The van der Waals surface area contributed by atoms with Crippen LogP contribution >= 0.6 is 11.8 Å². The third-order valence-corrected chi connectivity index (χ3v) is 11.7. The van der Waals surface area contributed by atoms with Crippen molar-refractivity contribution in [3.8, 4) is 0 Å². The molecule has 5 amide bonds. The molecule has 0 unspecified atom stereocenters. The number of carbonyl (C=O) groups is 6. The van der Waals surface area contributed by atoms with E-state index in [-0.39, 0.29) is 47.8 Å². The Kier molecular flexibility index (Phi) is 24.6. The number of thioether (sulfide) groups is 1. The molecule has 0 saturated carbocycles. The minimum Gasteiger partial charge on any atom is -0.464 e. The maximum atomic E-state index is 14.5. The second-order valence-electron chi connectivity index (χ2n) is 16.0. The molecule has 15 heteroatoms. The molecule has 0 saturated heterocycles. The van der Waals surface area contributed by atoms with Crippen molar-refractivity contribution in [1.29, 1.82) is 0 Å². The first-order valence-electron chi connectivity index (χ1n) is 22.0. The van der Waals surface area contributed by atoms with Crippen LogP contribution in [0.25, 0.3) is 10.9 Å². The highest BCUT2D eigenvalue weighted by atomic mass is 32.2. The van der Waals surface area contributed by atoms with Crippen molar-refractivity contribution in [3.05, 3.63) is 36.0 Å². The van der Waals surface area contributed by atoms with Crippen molar-refractivity contribution in [2.45, 2.75) is 142 Å². The molecule has 4 atom stereocenters. The molecule has 2 rings (SSSR count). The van der Waals surface area contributed by atoms with Crippen molar-refractivity contribution >= 4 is 58.2 Å². The lowest BCUT2D eigenvalue weighted by Crippen LogP contribution is -2.58. The van der Waals surface area contributed by atoms with E-state index in [9.17, 15) is 28.8 Å². The van der Waals surface area contributed by atoms with Gasteiger partial charge in [0.15, 0.2) is 0 Å². The van der Waals surface area contributed by atoms with Crippen LogP contribution in [0, 0.1) is 5.92 Å². The van der Waals surface area contributed by atoms with Gasteiger partial charge in [-0.25, -0.2) is 0 Å². The van der Waals surface area contributed by atoms with Crippen molar-refractivity contribution < 1.29 is 33.5 Å². The van der Waals surface area contributed by atoms with E-state index in [4.69, 9.17) is 4.74 Å². The highest BCUT2D eigenvalue weighted by Crippen LogP contribution is 2.24. The molecule has 0 spiro atoms. The lowest BCUT2D eigenvalue weighted by molar-refractivity contribution is -0.149. The number of unbranched alkanes of at least 4 members (excludes halogenated alkanes) is 5. The van der Waals surface area contributed by atoms with E-state index in [1.54, 1.807) is 28.2 Å². The summed E-state index contributed by atoms with van der Waals surface area (Å²) >= 11 is 1.40. The standard InChI is InChI=1S/C45H75N7O7S/c1-10-13-16-19-25-59-41(54)30-52-29-33(34-20-17-18-23-37(34)52)28-36(46-6)44(57)51(9)39(22-15-12-3)45(58)50(8)38(21-14-11-2)43(56)49-35(27-32(4)5)42(55)48-24-26-60-31-40(53)47-7/h17-18,20,23,29,32,35-36,38-39,46H,10-16,19,21-22,24-28,30-31H2,1-9H3,(H,47,53)(H,48,55)(H,49,56)/t35-,36-,38-,39-/m0/s1. The second kappa shape index (κ2) is 28.4. The van der Waals surface area contributed by atoms with Crippen LogP contribution in [-0.4, -0.2) is 127 Å². The number of ether oxygens (including phenoxy) is 1. The van der Waals surface area contributed by atoms with Crippen LogP contribution in [0.1, 0.15) is 111 Å². The quantitative estimate of drug-likeness (QED) is 0.0620. The van der Waals surface area contributed by atoms with Crippen LogP contribution < -0.4 is 21.3 Å². The van der Waals surface area contributed by atoms with E-state index in [0.717, 1.165) is 55.0 Å². The fourth-order valence-electron chi connectivity index (χ4n) is 7.19. The van der Waals surface area contributed by atoms with Gasteiger partial charge in [-0.3, -0.25) is 28.8 Å². The van der Waals surface area contributed by atoms with Gasteiger partial charge in [-0.1, -0.05) is 97.8 Å². The van der Waals surface area contributed by atoms with E-state index >= 15 is 0 Å². The summed E-state index contributed by atoms with van der Waals surface area (Å²) in [7, 11) is 6.56. The van der Waals surface area contributed by atoms with Gasteiger partial charge in [0.25, 0.3) is 0 Å². The Morgan fingerprint density at radius 1 is 0.800 bits per heavy atom. The number of amides is 5. The number of aromatic nitrogens is 1. The van der Waals surface area contributed by atoms with Gasteiger partial charge in [0.1, 0.15) is 24.7 Å². The SMILES string of the molecule is CCCCCCOC(=O)Cn1cc(C[C@H](NC)C(=O)N(C)[C@@H](CCCC)C(=O)N(C)[C@@H](CCCC)C(=O)N[C@@H](CC(C)C)C(=O)NCCSCC(=O)NC)c2ccccc21. The van der Waals surface area contributed by atoms with E-state index in [0.29, 0.717) is 57.4 Å². The van der Waals surface area contributed by atoms with Crippen molar-refractivity contribution in [2.75, 3.05) is 52.8 Å². The van der Waals surface area contributed by atoms with Crippen LogP contribution in [0.5, 0.6) is 0 Å². The maximum Gasteiger partial charge on any atom is 0.325 e. The molecule has 1 heterocycles. The molecule has 0 bridgehead atoms. The second-order valence-corrected chi connectivity index (χ2v) is 17.2. The number of hydrogen-bond donors (Lipinski definition) is 4. The summed E-state index contributed by atoms with van der Waals surface area (Å²) < 4.78 is 7.40. The zero-order valence-corrected chi connectivity index (χ0v) is 38.7. The third-order valence-electron chi connectivity index (χ3n) is 10.8. The fraction of sp³-hybridized carbons (Fsp3) is 0.689. The van der Waals surface area contributed by atoms with Gasteiger partial charge in [0.05, 0.1) is 18.4 Å². The molecule has 0 aliphatic heterocycles. The normalized spacial score (nSPS) is 13.3. The topological polar surface area (TPSA) is 171 Å². The first-order chi connectivity index (χ1) is 28.7. The molecule has 1 aromatic heterocycles. The van der Waals surface area contributed by atoms with Crippen LogP contribution in [0.3, 0.4) is 0 Å². The smallest absolute Gasteiger partial charge is 0.325 e. The van der Waals surface area contributed by atoms with Crippen LogP contribution in [0.15, 0.2) is 30.5 Å². The molecule has 0 radical (unpaired) electrons. The van der Waals surface area contributed by atoms with E-state index in [2.05, 4.69) is 28.2 Å². The average molecular weight is 858 g/mol. The fourth-order valence-corrected chi connectivity index (χ4v) is 7.91. The number of hydrogen-bond acceptors (Lipinski definition) is 9. The minimum absolute atomic E-state index is 0.0570. The lowest BCUT2D eigenvalue weighted by Gasteiger charge is -2.36. The molecule has 0 aliphatic rings. The summed E-state index contributed by atoms with van der Waals surface area (Å²) in [4.78, 5) is 83.6. The number of nitrogens with zero attached hydrogens (tertiary/aromatic N) is 3. The molecule has 4 N–H and O–H groups in total. The predicted molar refractivity (Wildman–Crippen MR) is 242 cm³/mol. The number of carbonyl (C=O) groups excluding carboxylic acids is 6. The number of esters is 1. The van der Waals surface area contributed by atoms with E-state index in [1.165, 1.54) is 21.6 Å². The molecule has 2 aromatic rings. The number of likely N-dealkylation sites (N-methyl/N-ethyl adjacent to an activating group) is 3. The van der Waals surface area contributed by atoms with Crippen molar-refractivity contribution in [1.82, 2.24) is 35.6 Å². The molecule has 338 valence electrons. The maximum absolute atomic E-state index is 14.5. The summed E-state index contributed by atoms with van der Waals surface area (Å²) in [5.74, 6) is -0.799. The summed E-state index contributed by atoms with van der Waals surface area (Å²) in [6.45, 7) is 10.9. The summed E-state index contributed by atoms with van der Waals surface area (Å²) in [5.41, 5.74) is 1.75. The van der Waals surface area contributed by atoms with Gasteiger partial charge in [-0.05, 0) is 56.7 Å². The Morgan fingerprint density at radius 2 is 1.45 bits per heavy atom. The van der Waals surface area contributed by atoms with Gasteiger partial charge >= 0.3 is 5.97 Å². The lowest BCUT2D eigenvalue weighted by atomic mass is 9.99. The summed E-state index contributed by atoms with van der Waals surface area (Å²) in [5, 5.41) is 12.5. The first kappa shape index (κ1) is 52.0. The predicted octanol–water partition coefficient (Wildman–Crippen LogP) is 5.06. The van der Waals surface area contributed by atoms with Gasteiger partial charge in [0.2, 0.25) is 29.5 Å². The summed E-state index contributed by atoms with van der Waals surface area (Å²) in [6, 6.07) is 4.60. The summed E-state index contributed by atoms with van der Waals surface area (Å²) in [6.07, 6.45) is 10.5. The monoisotopic (exact) mass is 858 g/mol. The Hall–Kier alpha value is -4.11. The van der Waals surface area contributed by atoms with Crippen LogP contribution in [0.4, 0.5) is 0 Å². The van der Waals surface area contributed by atoms with Gasteiger partial charge in [-0.15, -0.1) is 0 Å². The largest absolute Gasteiger partial charge is 0.464 e. The number of fused-ring (bicyclic) bond motifs is 1. The third kappa shape index (κ3) is 17.1. The van der Waals surface area contributed by atoms with E-state index in [1.807, 2.05) is 62.7 Å². The Morgan fingerprint density at radius 3 is 2.08 bits per heavy atom. The van der Waals surface area contributed by atoms with Crippen LogP contribution in [0.2, 0.25) is 0 Å². The molecular formula is C45H75N7O7S. The molecule has 60 heavy (non-hydrogen) atoms. The number of benzene rings is 1. The highest BCUT2D eigenvalue weighted by Gasteiger charge is 2.37. The Labute approximate surface area is 363 Å². The molecule has 1 aromatic carbocycles. The Bertz CT molecular complexity index is 1650. The molecular weight excluding hydrogens is 783 g/mol.